The van der Waals surface area contributed by atoms with E-state index in [9.17, 15) is 19.2 Å². The van der Waals surface area contributed by atoms with Crippen molar-refractivity contribution in [2.45, 2.75) is 183 Å². The second-order valence-corrected chi connectivity index (χ2v) is 21.9. The van der Waals surface area contributed by atoms with Crippen LogP contribution in [0.25, 0.3) is 11.2 Å². The molecule has 4 aromatic rings. The number of rotatable bonds is 24. The Morgan fingerprint density at radius 3 is 1.74 bits per heavy atom. The maximum absolute atomic E-state index is 12.9. The van der Waals surface area contributed by atoms with Gasteiger partial charge in [-0.15, -0.1) is 0 Å². The number of nitrogens with one attached hydrogen (secondary N) is 3. The lowest BCUT2D eigenvalue weighted by molar-refractivity contribution is -0.118. The van der Waals surface area contributed by atoms with Gasteiger partial charge in [-0.05, 0) is 86.4 Å². The van der Waals surface area contributed by atoms with Crippen molar-refractivity contribution >= 4 is 51.8 Å². The number of ether oxygens (including phenoxy) is 2. The van der Waals surface area contributed by atoms with Gasteiger partial charge in [-0.2, -0.15) is 20.5 Å². The molecule has 22 nitrogen and oxygen atoms in total. The molecule has 3 N–H and O–H groups in total. The average molecular weight is 1070 g/mol. The van der Waals surface area contributed by atoms with Crippen molar-refractivity contribution in [1.29, 1.82) is 10.5 Å². The number of nitrogens with zero attached hydrogens (tertiary/aromatic N) is 9. The van der Waals surface area contributed by atoms with Gasteiger partial charge in [0.2, 0.25) is 11.9 Å². The number of fused-ring (bicyclic) bond motifs is 1. The first kappa shape index (κ1) is 59.8. The molecule has 2 saturated heterocycles. The highest BCUT2D eigenvalue weighted by Gasteiger charge is 2.42. The van der Waals surface area contributed by atoms with Crippen molar-refractivity contribution in [3.63, 3.8) is 0 Å². The molecule has 0 bridgehead atoms. The van der Waals surface area contributed by atoms with Crippen LogP contribution in [-0.2, 0) is 32.4 Å². The Balaban J connectivity index is 0.000000274. The zero-order chi connectivity index (χ0) is 54.2. The molecule has 6 rings (SSSR count). The Morgan fingerprint density at radius 1 is 0.770 bits per heavy atom. The molecular weight excluding hydrogens is 991 g/mol. The van der Waals surface area contributed by atoms with Gasteiger partial charge in [0.25, 0.3) is 28.5 Å². The van der Waals surface area contributed by atoms with E-state index >= 15 is 0 Å². The van der Waals surface area contributed by atoms with Crippen LogP contribution in [0.1, 0.15) is 144 Å². The second kappa shape index (κ2) is 28.7. The largest absolute Gasteiger partial charge is 0.352 e. The van der Waals surface area contributed by atoms with Gasteiger partial charge in [-0.3, -0.25) is 33.8 Å². The number of amides is 2. The maximum atomic E-state index is 12.9. The zero-order valence-corrected chi connectivity index (χ0v) is 46.4. The molecule has 0 radical (unpaired) electrons. The summed E-state index contributed by atoms with van der Waals surface area (Å²) >= 11 is 0. The number of carbonyl (C=O) groups is 2. The second-order valence-electron chi connectivity index (χ2n) is 19.1. The Bertz CT molecular complexity index is 2620. The van der Waals surface area contributed by atoms with Crippen LogP contribution in [0.4, 0.5) is 11.8 Å². The predicted molar refractivity (Wildman–Crippen MR) is 282 cm³/mol. The number of hydrogen-bond acceptors (Lipinski definition) is 17. The molecule has 24 heteroatoms. The van der Waals surface area contributed by atoms with Crippen LogP contribution in [0.15, 0.2) is 58.5 Å². The molecule has 0 saturated carbocycles. The molecule has 2 aliphatic heterocycles. The van der Waals surface area contributed by atoms with Crippen molar-refractivity contribution in [3.8, 4) is 12.1 Å². The first-order chi connectivity index (χ1) is 35.3. The SMILES string of the molecule is CC[C@H]1O[C@@H](n2ccc(NC(=O)c3ccccc3)nc2=O)CC1OP(OCCC#N)N(C(C)C)C(C)C.CC[C@H]1O[C@@H](n2cnc3c(=O)[nH]c(NC(=O)C(C)C)nc32)CC1OP(OCCC#N)N(C(C)C)C(C)C. The fraction of sp³-hybridized carbons (Fsp3) is 0.620. The van der Waals surface area contributed by atoms with E-state index in [1.54, 1.807) is 54.9 Å². The maximum Gasteiger partial charge on any atom is 0.351 e. The number of carbonyl (C=O) groups excluding carboxylic acids is 2. The van der Waals surface area contributed by atoms with Gasteiger partial charge in [-0.1, -0.05) is 45.9 Å². The van der Waals surface area contributed by atoms with Crippen LogP contribution >= 0.6 is 17.1 Å². The molecule has 0 spiro atoms. The third-order valence-corrected chi connectivity index (χ3v) is 16.2. The topological polar surface area (TPSA) is 266 Å². The van der Waals surface area contributed by atoms with Crippen molar-refractivity contribution in [1.82, 2.24) is 38.4 Å². The third kappa shape index (κ3) is 16.0. The van der Waals surface area contributed by atoms with E-state index in [0.29, 0.717) is 36.9 Å². The quantitative estimate of drug-likeness (QED) is 0.0436. The number of hydrogen-bond donors (Lipinski definition) is 3. The van der Waals surface area contributed by atoms with Crippen LogP contribution in [0, 0.1) is 28.6 Å². The first-order valence-electron chi connectivity index (χ1n) is 25.4. The normalized spacial score (nSPS) is 20.6. The fourth-order valence-electron chi connectivity index (χ4n) is 8.45. The summed E-state index contributed by atoms with van der Waals surface area (Å²) < 4.78 is 45.2. The third-order valence-electron chi connectivity index (χ3n) is 11.9. The fourth-order valence-corrected chi connectivity index (χ4v) is 12.0. The first-order valence-corrected chi connectivity index (χ1v) is 27.6. The summed E-state index contributed by atoms with van der Waals surface area (Å²) in [5.41, 5.74) is -0.00793. The van der Waals surface area contributed by atoms with E-state index in [-0.39, 0.29) is 110 Å². The Kier molecular flexibility index (Phi) is 23.2. The van der Waals surface area contributed by atoms with Crippen molar-refractivity contribution < 1.29 is 37.2 Å². The monoisotopic (exact) mass is 1060 g/mol. The summed E-state index contributed by atoms with van der Waals surface area (Å²) in [6.45, 7) is 24.8. The summed E-state index contributed by atoms with van der Waals surface area (Å²) in [6, 6.07) is 15.3. The van der Waals surface area contributed by atoms with E-state index in [1.165, 1.54) is 10.9 Å². The molecule has 2 aliphatic rings. The van der Waals surface area contributed by atoms with Gasteiger partial charge >= 0.3 is 5.69 Å². The van der Waals surface area contributed by atoms with Gasteiger partial charge in [0, 0.05) is 54.7 Å². The van der Waals surface area contributed by atoms with Crippen molar-refractivity contribution in [2.75, 3.05) is 23.8 Å². The highest BCUT2D eigenvalue weighted by atomic mass is 31.2. The van der Waals surface area contributed by atoms with E-state index in [2.05, 4.69) is 107 Å². The molecule has 74 heavy (non-hydrogen) atoms. The standard InChI is InChI=1S/C26H36N5O5P.C24H38N7O5P/c1-6-21-22(36-37(34-16-10-14-27)31(18(2)3)19(4)5)17-24(35-21)30-15-13-23(29-26(30)33)28-25(32)20-11-8-7-9-12-20;1-8-17-18(36-37(34-11-9-10-25)31(15(4)5)16(6)7)12-19(35-17)30-13-26-20-21(30)27-24(29-23(20)33)28-22(32)14(2)3/h7-9,11-13,15,18-19,21-22,24H,6,10,16-17H2,1-5H3,(H,28,29,32,33);13-19H,8-9,11-12H2,1-7H3,(H2,27,28,29,32,33)/t21-,22?,24-,37?;17-,18?,19-,37?/m11/s1. The molecule has 2 amide bonds. The lowest BCUT2D eigenvalue weighted by Gasteiger charge is -2.37. The minimum Gasteiger partial charge on any atom is -0.352 e. The van der Waals surface area contributed by atoms with Crippen LogP contribution in [0.3, 0.4) is 0 Å². The zero-order valence-electron chi connectivity index (χ0n) is 44.6. The van der Waals surface area contributed by atoms with Crippen LogP contribution in [0.5, 0.6) is 0 Å². The molecule has 0 aliphatic carbocycles. The summed E-state index contributed by atoms with van der Waals surface area (Å²) in [6.07, 6.45) is 3.97. The average Bonchev–Trinajstić information content (AvgIpc) is 4.08. The van der Waals surface area contributed by atoms with Crippen LogP contribution < -0.4 is 21.9 Å². The predicted octanol–water partition coefficient (Wildman–Crippen LogP) is 8.93. The minimum absolute atomic E-state index is 0.0645. The molecule has 4 unspecified atom stereocenters. The molecule has 1 aromatic carbocycles. The summed E-state index contributed by atoms with van der Waals surface area (Å²) in [5, 5.41) is 23.2. The highest BCUT2D eigenvalue weighted by Crippen LogP contribution is 2.51. The number of aromatic nitrogens is 6. The number of H-pyrrole nitrogens is 1. The lowest BCUT2D eigenvalue weighted by atomic mass is 10.1. The van der Waals surface area contributed by atoms with Crippen molar-refractivity contribution in [3.05, 3.63) is 75.3 Å². The Morgan fingerprint density at radius 2 is 1.28 bits per heavy atom. The van der Waals surface area contributed by atoms with Crippen LogP contribution in [0.2, 0.25) is 0 Å². The molecule has 8 atom stereocenters. The van der Waals surface area contributed by atoms with Gasteiger partial charge in [0.05, 0.1) is 68.9 Å². The van der Waals surface area contributed by atoms with Gasteiger partial charge in [-0.25, -0.2) is 19.1 Å². The summed E-state index contributed by atoms with van der Waals surface area (Å²) in [4.78, 5) is 65.3. The van der Waals surface area contributed by atoms with Gasteiger partial charge in [0.15, 0.2) is 11.2 Å². The summed E-state index contributed by atoms with van der Waals surface area (Å²) in [7, 11) is -2.88. The van der Waals surface area contributed by atoms with Gasteiger partial charge in [0.1, 0.15) is 18.3 Å². The Hall–Kier alpha value is -5.09. The number of nitriles is 2. The number of anilines is 2. The van der Waals surface area contributed by atoms with E-state index in [0.717, 1.165) is 0 Å². The van der Waals surface area contributed by atoms with E-state index in [1.807, 2.05) is 19.9 Å². The van der Waals surface area contributed by atoms with E-state index in [4.69, 9.17) is 38.1 Å². The minimum atomic E-state index is -1.44. The Labute approximate surface area is 436 Å². The molecule has 3 aromatic heterocycles. The summed E-state index contributed by atoms with van der Waals surface area (Å²) in [5.74, 6) is -0.628. The molecule has 404 valence electrons. The van der Waals surface area contributed by atoms with Crippen molar-refractivity contribution in [2.24, 2.45) is 5.92 Å². The van der Waals surface area contributed by atoms with Crippen LogP contribution in [-0.4, -0.2) is 112 Å². The lowest BCUT2D eigenvalue weighted by Crippen LogP contribution is -2.35. The number of imidazole rings is 1. The number of benzene rings is 1. The number of aromatic amines is 1. The van der Waals surface area contributed by atoms with Gasteiger partial charge < -0.3 is 32.9 Å². The van der Waals surface area contributed by atoms with E-state index < -0.39 is 40.8 Å². The molecule has 2 fully saturated rings. The highest BCUT2D eigenvalue weighted by molar-refractivity contribution is 7.44. The molecular formula is C50H74N12O10P2. The smallest absolute Gasteiger partial charge is 0.351 e. The molecule has 5 heterocycles.